The molecule has 0 unspecified atom stereocenters. The van der Waals surface area contributed by atoms with E-state index < -0.39 is 6.10 Å². The lowest BCUT2D eigenvalue weighted by Crippen LogP contribution is -2.19. The van der Waals surface area contributed by atoms with Gasteiger partial charge in [0.1, 0.15) is 6.10 Å². The number of hydrogen-bond acceptors (Lipinski definition) is 2. The molecule has 3 aromatic rings. The van der Waals surface area contributed by atoms with Gasteiger partial charge >= 0.3 is 0 Å². The van der Waals surface area contributed by atoms with Crippen molar-refractivity contribution in [2.24, 2.45) is 0 Å². The summed E-state index contributed by atoms with van der Waals surface area (Å²) < 4.78 is 0. The predicted molar refractivity (Wildman–Crippen MR) is 95.7 cm³/mol. The highest BCUT2D eigenvalue weighted by Gasteiger charge is 2.23. The summed E-state index contributed by atoms with van der Waals surface area (Å²) in [6, 6.07) is 26.8. The van der Waals surface area contributed by atoms with E-state index in [2.05, 4.69) is 5.32 Å². The molecule has 0 aliphatic rings. The van der Waals surface area contributed by atoms with Crippen LogP contribution in [0.3, 0.4) is 0 Å². The molecule has 0 saturated heterocycles. The van der Waals surface area contributed by atoms with Gasteiger partial charge in [-0.25, -0.2) is 0 Å². The van der Waals surface area contributed by atoms with Gasteiger partial charge in [0.25, 0.3) is 0 Å². The molecule has 3 heteroatoms. The SMILES string of the molecule is O[C@H](c1ccccc1)[C@H](Nc1ccccc1Cl)c1ccccc1. The summed E-state index contributed by atoms with van der Waals surface area (Å²) >= 11 is 6.26. The van der Waals surface area contributed by atoms with Crippen LogP contribution in [0.25, 0.3) is 0 Å². The molecular formula is C20H18ClNO. The van der Waals surface area contributed by atoms with E-state index in [1.54, 1.807) is 0 Å². The average Bonchev–Trinajstić information content (AvgIpc) is 2.62. The van der Waals surface area contributed by atoms with Gasteiger partial charge in [0.15, 0.2) is 0 Å². The standard InChI is InChI=1S/C20H18ClNO/c21-17-13-7-8-14-18(17)22-19(15-9-3-1-4-10-15)20(23)16-11-5-2-6-12-16/h1-14,19-20,22-23H/t19-,20-/m1/s1. The molecule has 0 aromatic heterocycles. The van der Waals surface area contributed by atoms with Crippen LogP contribution in [0.1, 0.15) is 23.3 Å². The first-order valence-corrected chi connectivity index (χ1v) is 7.92. The summed E-state index contributed by atoms with van der Waals surface area (Å²) in [6.45, 7) is 0. The van der Waals surface area contributed by atoms with Gasteiger partial charge in [-0.05, 0) is 23.3 Å². The minimum atomic E-state index is -0.685. The molecule has 0 heterocycles. The number of para-hydroxylation sites is 1. The third-order valence-electron chi connectivity index (χ3n) is 3.80. The second-order valence-corrected chi connectivity index (χ2v) is 5.78. The number of benzene rings is 3. The van der Waals surface area contributed by atoms with E-state index in [1.165, 1.54) is 0 Å². The Balaban J connectivity index is 1.96. The summed E-state index contributed by atoms with van der Waals surface area (Å²) in [5.74, 6) is 0. The number of anilines is 1. The molecule has 0 aliphatic heterocycles. The zero-order valence-electron chi connectivity index (χ0n) is 12.6. The van der Waals surface area contributed by atoms with E-state index in [9.17, 15) is 5.11 Å². The maximum atomic E-state index is 10.9. The number of aliphatic hydroxyl groups excluding tert-OH is 1. The molecule has 0 bridgehead atoms. The molecule has 0 radical (unpaired) electrons. The van der Waals surface area contributed by atoms with Crippen LogP contribution < -0.4 is 5.32 Å². The van der Waals surface area contributed by atoms with Gasteiger partial charge in [-0.15, -0.1) is 0 Å². The first kappa shape index (κ1) is 15.6. The highest BCUT2D eigenvalue weighted by Crippen LogP contribution is 2.34. The summed E-state index contributed by atoms with van der Waals surface area (Å²) in [5, 5.41) is 14.9. The molecule has 2 nitrogen and oxygen atoms in total. The fourth-order valence-corrected chi connectivity index (χ4v) is 2.78. The van der Waals surface area contributed by atoms with Crippen molar-refractivity contribution in [2.75, 3.05) is 5.32 Å². The maximum absolute atomic E-state index is 10.9. The molecule has 0 saturated carbocycles. The molecule has 0 aliphatic carbocycles. The Morgan fingerprint density at radius 3 is 1.83 bits per heavy atom. The molecule has 23 heavy (non-hydrogen) atoms. The van der Waals surface area contributed by atoms with Crippen LogP contribution in [0.4, 0.5) is 5.69 Å². The van der Waals surface area contributed by atoms with Gasteiger partial charge in [0, 0.05) is 0 Å². The van der Waals surface area contributed by atoms with Gasteiger partial charge in [0.05, 0.1) is 16.8 Å². The van der Waals surface area contributed by atoms with Gasteiger partial charge in [0.2, 0.25) is 0 Å². The topological polar surface area (TPSA) is 32.3 Å². The molecule has 0 amide bonds. The Labute approximate surface area is 141 Å². The molecule has 2 N–H and O–H groups in total. The first-order valence-electron chi connectivity index (χ1n) is 7.55. The third-order valence-corrected chi connectivity index (χ3v) is 4.13. The van der Waals surface area contributed by atoms with Crippen LogP contribution in [0.2, 0.25) is 5.02 Å². The molecule has 0 spiro atoms. The molecule has 3 aromatic carbocycles. The number of halogens is 1. The van der Waals surface area contributed by atoms with E-state index in [0.717, 1.165) is 16.8 Å². The van der Waals surface area contributed by atoms with Crippen LogP contribution in [0, 0.1) is 0 Å². The highest BCUT2D eigenvalue weighted by molar-refractivity contribution is 6.33. The van der Waals surface area contributed by atoms with Gasteiger partial charge in [-0.3, -0.25) is 0 Å². The first-order chi connectivity index (χ1) is 11.3. The Bertz CT molecular complexity index is 746. The van der Waals surface area contributed by atoms with Crippen molar-refractivity contribution in [3.8, 4) is 0 Å². The quantitative estimate of drug-likeness (QED) is 0.674. The smallest absolute Gasteiger partial charge is 0.103 e. The van der Waals surface area contributed by atoms with Crippen LogP contribution >= 0.6 is 11.6 Å². The van der Waals surface area contributed by atoms with Gasteiger partial charge < -0.3 is 10.4 Å². The molecule has 0 fully saturated rings. The predicted octanol–water partition coefficient (Wildman–Crippen LogP) is 5.23. The number of hydrogen-bond donors (Lipinski definition) is 2. The Morgan fingerprint density at radius 2 is 1.22 bits per heavy atom. The molecule has 116 valence electrons. The van der Waals surface area contributed by atoms with Crippen molar-refractivity contribution >= 4 is 17.3 Å². The van der Waals surface area contributed by atoms with Crippen molar-refractivity contribution in [2.45, 2.75) is 12.1 Å². The van der Waals surface area contributed by atoms with Crippen LogP contribution in [0.5, 0.6) is 0 Å². The summed E-state index contributed by atoms with van der Waals surface area (Å²) in [4.78, 5) is 0. The third kappa shape index (κ3) is 3.73. The van der Waals surface area contributed by atoms with Crippen LogP contribution in [-0.2, 0) is 0 Å². The van der Waals surface area contributed by atoms with E-state index in [0.29, 0.717) is 5.02 Å². The Hall–Kier alpha value is -2.29. The minimum Gasteiger partial charge on any atom is -0.386 e. The summed E-state index contributed by atoms with van der Waals surface area (Å²) in [6.07, 6.45) is -0.685. The lowest BCUT2D eigenvalue weighted by atomic mass is 9.95. The monoisotopic (exact) mass is 323 g/mol. The van der Waals surface area contributed by atoms with E-state index in [-0.39, 0.29) is 6.04 Å². The van der Waals surface area contributed by atoms with Gasteiger partial charge in [-0.1, -0.05) is 84.4 Å². The lowest BCUT2D eigenvalue weighted by molar-refractivity contribution is 0.155. The average molecular weight is 324 g/mol. The van der Waals surface area contributed by atoms with Crippen molar-refractivity contribution < 1.29 is 5.11 Å². The lowest BCUT2D eigenvalue weighted by Gasteiger charge is -2.26. The zero-order chi connectivity index (χ0) is 16.1. The Kier molecular flexibility index (Phi) is 4.96. The molecular weight excluding hydrogens is 306 g/mol. The minimum absolute atomic E-state index is 0.293. The van der Waals surface area contributed by atoms with Crippen molar-refractivity contribution in [1.82, 2.24) is 0 Å². The van der Waals surface area contributed by atoms with Gasteiger partial charge in [-0.2, -0.15) is 0 Å². The number of rotatable bonds is 5. The van der Waals surface area contributed by atoms with Crippen LogP contribution in [0.15, 0.2) is 84.9 Å². The summed E-state index contributed by atoms with van der Waals surface area (Å²) in [7, 11) is 0. The van der Waals surface area contributed by atoms with Crippen molar-refractivity contribution in [3.05, 3.63) is 101 Å². The second-order valence-electron chi connectivity index (χ2n) is 5.37. The number of aliphatic hydroxyl groups is 1. The summed E-state index contributed by atoms with van der Waals surface area (Å²) in [5.41, 5.74) is 2.67. The molecule has 3 rings (SSSR count). The maximum Gasteiger partial charge on any atom is 0.103 e. The van der Waals surface area contributed by atoms with E-state index in [4.69, 9.17) is 11.6 Å². The Morgan fingerprint density at radius 1 is 0.696 bits per heavy atom. The normalized spacial score (nSPS) is 13.3. The fraction of sp³-hybridized carbons (Fsp3) is 0.100. The molecule has 2 atom stereocenters. The highest BCUT2D eigenvalue weighted by atomic mass is 35.5. The van der Waals surface area contributed by atoms with Crippen molar-refractivity contribution in [3.63, 3.8) is 0 Å². The van der Waals surface area contributed by atoms with Crippen LogP contribution in [-0.4, -0.2) is 5.11 Å². The van der Waals surface area contributed by atoms with E-state index in [1.807, 2.05) is 84.9 Å². The fourth-order valence-electron chi connectivity index (χ4n) is 2.59. The largest absolute Gasteiger partial charge is 0.386 e. The van der Waals surface area contributed by atoms with E-state index >= 15 is 0 Å². The second kappa shape index (κ2) is 7.32. The number of nitrogens with one attached hydrogen (secondary N) is 1. The zero-order valence-corrected chi connectivity index (χ0v) is 13.3. The van der Waals surface area contributed by atoms with Crippen molar-refractivity contribution in [1.29, 1.82) is 0 Å².